The molecule has 132 valence electrons. The topological polar surface area (TPSA) is 54.3 Å². The van der Waals surface area contributed by atoms with Crippen LogP contribution in [0.4, 0.5) is 5.00 Å². The Bertz CT molecular complexity index is 1010. The third kappa shape index (κ3) is 2.68. The molecule has 0 saturated heterocycles. The summed E-state index contributed by atoms with van der Waals surface area (Å²) in [5.74, 6) is 1.50. The first-order chi connectivity index (χ1) is 12.7. The Balaban J connectivity index is 1.46. The van der Waals surface area contributed by atoms with Crippen molar-refractivity contribution in [1.82, 2.24) is 5.32 Å². The van der Waals surface area contributed by atoms with Gasteiger partial charge in [-0.3, -0.25) is 4.79 Å². The van der Waals surface area contributed by atoms with Gasteiger partial charge in [0, 0.05) is 14.9 Å². The second kappa shape index (κ2) is 6.28. The highest BCUT2D eigenvalue weighted by molar-refractivity contribution is 9.10. The van der Waals surface area contributed by atoms with Crippen LogP contribution in [0, 0.1) is 0 Å². The average Bonchev–Trinajstić information content (AvgIpc) is 3.26. The van der Waals surface area contributed by atoms with E-state index < -0.39 is 0 Å². The number of rotatable bonds is 2. The van der Waals surface area contributed by atoms with Gasteiger partial charge in [0.2, 0.25) is 0 Å². The minimum Gasteiger partial charge on any atom is -0.457 e. The molecule has 1 aliphatic carbocycles. The molecule has 1 unspecified atom stereocenters. The van der Waals surface area contributed by atoms with E-state index in [0.29, 0.717) is 5.76 Å². The summed E-state index contributed by atoms with van der Waals surface area (Å²) in [6.45, 7) is 0. The number of halogens is 1. The first-order valence-electron chi connectivity index (χ1n) is 8.76. The molecular weight excluding hydrogens is 412 g/mol. The van der Waals surface area contributed by atoms with Crippen molar-refractivity contribution >= 4 is 38.2 Å². The van der Waals surface area contributed by atoms with Gasteiger partial charge < -0.3 is 15.1 Å². The number of thiophene rings is 1. The van der Waals surface area contributed by atoms with Crippen molar-refractivity contribution < 1.29 is 9.21 Å². The van der Waals surface area contributed by atoms with Gasteiger partial charge in [-0.05, 0) is 55.5 Å². The Morgan fingerprint density at radius 2 is 2.00 bits per heavy atom. The Hall–Kier alpha value is -2.05. The van der Waals surface area contributed by atoms with Crippen molar-refractivity contribution in [2.45, 2.75) is 31.8 Å². The van der Waals surface area contributed by atoms with Gasteiger partial charge in [0.05, 0.1) is 5.56 Å². The zero-order chi connectivity index (χ0) is 17.7. The van der Waals surface area contributed by atoms with Gasteiger partial charge in [-0.25, -0.2) is 0 Å². The number of fused-ring (bicyclic) bond motifs is 3. The van der Waals surface area contributed by atoms with E-state index in [-0.39, 0.29) is 12.1 Å². The van der Waals surface area contributed by atoms with E-state index in [1.807, 2.05) is 36.4 Å². The second-order valence-electron chi connectivity index (χ2n) is 6.68. The van der Waals surface area contributed by atoms with Crippen LogP contribution in [0.5, 0.6) is 0 Å². The molecule has 4 nitrogen and oxygen atoms in total. The molecule has 1 amide bonds. The van der Waals surface area contributed by atoms with Crippen molar-refractivity contribution in [2.75, 3.05) is 5.32 Å². The van der Waals surface area contributed by atoms with E-state index in [1.165, 1.54) is 23.3 Å². The van der Waals surface area contributed by atoms with Gasteiger partial charge in [0.15, 0.2) is 6.17 Å². The van der Waals surface area contributed by atoms with Crippen molar-refractivity contribution in [3.8, 4) is 11.3 Å². The molecule has 26 heavy (non-hydrogen) atoms. The van der Waals surface area contributed by atoms with Crippen LogP contribution in [0.2, 0.25) is 0 Å². The second-order valence-corrected chi connectivity index (χ2v) is 8.70. The molecular formula is C20H17BrN2O2S. The molecule has 0 fully saturated rings. The van der Waals surface area contributed by atoms with Gasteiger partial charge >= 0.3 is 0 Å². The summed E-state index contributed by atoms with van der Waals surface area (Å²) < 4.78 is 7.04. The van der Waals surface area contributed by atoms with Crippen molar-refractivity contribution in [3.63, 3.8) is 0 Å². The Morgan fingerprint density at radius 3 is 2.88 bits per heavy atom. The zero-order valence-electron chi connectivity index (χ0n) is 14.0. The number of anilines is 1. The molecule has 0 bridgehead atoms. The maximum absolute atomic E-state index is 12.7. The third-order valence-electron chi connectivity index (χ3n) is 4.97. The predicted octanol–water partition coefficient (Wildman–Crippen LogP) is 5.50. The lowest BCUT2D eigenvalue weighted by Crippen LogP contribution is -2.38. The van der Waals surface area contributed by atoms with Gasteiger partial charge in [-0.1, -0.05) is 28.1 Å². The minimum absolute atomic E-state index is 0.00329. The molecule has 2 N–H and O–H groups in total. The lowest BCUT2D eigenvalue weighted by molar-refractivity contribution is 0.0930. The monoisotopic (exact) mass is 428 g/mol. The predicted molar refractivity (Wildman–Crippen MR) is 107 cm³/mol. The lowest BCUT2D eigenvalue weighted by Gasteiger charge is -2.25. The van der Waals surface area contributed by atoms with Crippen LogP contribution in [-0.4, -0.2) is 5.91 Å². The molecule has 3 aromatic rings. The number of carbonyl (C=O) groups is 1. The van der Waals surface area contributed by atoms with Crippen LogP contribution < -0.4 is 10.6 Å². The van der Waals surface area contributed by atoms with E-state index in [0.717, 1.165) is 39.2 Å². The molecule has 3 heterocycles. The highest BCUT2D eigenvalue weighted by atomic mass is 79.9. The van der Waals surface area contributed by atoms with Crippen LogP contribution in [0.1, 0.15) is 45.6 Å². The van der Waals surface area contributed by atoms with Crippen LogP contribution in [-0.2, 0) is 12.8 Å². The first kappa shape index (κ1) is 16.1. The standard InChI is InChI=1S/C20H17BrN2O2S/c21-12-5-3-4-11(10-12)14-8-9-15(25-14)18-22-19(24)17-13-6-1-2-7-16(13)26-20(17)23-18/h3-5,8-10,18,23H,1-2,6-7H2,(H,22,24). The molecule has 2 aromatic heterocycles. The summed E-state index contributed by atoms with van der Waals surface area (Å²) >= 11 is 5.21. The van der Waals surface area contributed by atoms with E-state index in [4.69, 9.17) is 4.42 Å². The number of aryl methyl sites for hydroxylation is 1. The summed E-state index contributed by atoms with van der Waals surface area (Å²) in [7, 11) is 0. The minimum atomic E-state index is -0.337. The Kier molecular flexibility index (Phi) is 3.90. The summed E-state index contributed by atoms with van der Waals surface area (Å²) in [5.41, 5.74) is 3.09. The summed E-state index contributed by atoms with van der Waals surface area (Å²) in [6, 6.07) is 11.8. The lowest BCUT2D eigenvalue weighted by atomic mass is 9.94. The summed E-state index contributed by atoms with van der Waals surface area (Å²) in [5, 5.41) is 7.49. The third-order valence-corrected chi connectivity index (χ3v) is 6.69. The van der Waals surface area contributed by atoms with Crippen LogP contribution in [0.3, 0.4) is 0 Å². The van der Waals surface area contributed by atoms with Crippen LogP contribution in [0.25, 0.3) is 11.3 Å². The van der Waals surface area contributed by atoms with E-state index in [2.05, 4.69) is 26.6 Å². The number of hydrogen-bond donors (Lipinski definition) is 2. The smallest absolute Gasteiger partial charge is 0.256 e. The number of benzene rings is 1. The SMILES string of the molecule is O=C1NC(c2ccc(-c3cccc(Br)c3)o2)Nc2sc3c(c21)CCCC3. The highest BCUT2D eigenvalue weighted by Crippen LogP contribution is 2.41. The molecule has 2 aliphatic rings. The average molecular weight is 429 g/mol. The van der Waals surface area contributed by atoms with Gasteiger partial charge in [-0.2, -0.15) is 0 Å². The molecule has 0 spiro atoms. The molecule has 1 atom stereocenters. The van der Waals surface area contributed by atoms with Crippen LogP contribution >= 0.6 is 27.3 Å². The van der Waals surface area contributed by atoms with E-state index >= 15 is 0 Å². The maximum Gasteiger partial charge on any atom is 0.256 e. The van der Waals surface area contributed by atoms with E-state index in [1.54, 1.807) is 11.3 Å². The van der Waals surface area contributed by atoms with Crippen molar-refractivity contribution in [3.05, 3.63) is 62.6 Å². The number of furan rings is 1. The largest absolute Gasteiger partial charge is 0.457 e. The Morgan fingerprint density at radius 1 is 1.12 bits per heavy atom. The van der Waals surface area contributed by atoms with Gasteiger partial charge in [0.25, 0.3) is 5.91 Å². The van der Waals surface area contributed by atoms with Gasteiger partial charge in [-0.15, -0.1) is 11.3 Å². The quantitative estimate of drug-likeness (QED) is 0.566. The fourth-order valence-corrected chi connectivity index (χ4v) is 5.44. The van der Waals surface area contributed by atoms with Crippen molar-refractivity contribution in [1.29, 1.82) is 0 Å². The molecule has 0 radical (unpaired) electrons. The van der Waals surface area contributed by atoms with Crippen molar-refractivity contribution in [2.24, 2.45) is 0 Å². The number of nitrogens with one attached hydrogen (secondary N) is 2. The summed E-state index contributed by atoms with van der Waals surface area (Å²) in [6.07, 6.45) is 4.14. The molecule has 1 aromatic carbocycles. The summed E-state index contributed by atoms with van der Waals surface area (Å²) in [4.78, 5) is 14.1. The highest BCUT2D eigenvalue weighted by Gasteiger charge is 2.33. The van der Waals surface area contributed by atoms with Crippen LogP contribution in [0.15, 0.2) is 45.3 Å². The molecule has 6 heteroatoms. The first-order valence-corrected chi connectivity index (χ1v) is 10.4. The van der Waals surface area contributed by atoms with Gasteiger partial charge in [0.1, 0.15) is 16.5 Å². The molecule has 5 rings (SSSR count). The fourth-order valence-electron chi connectivity index (χ4n) is 3.73. The zero-order valence-corrected chi connectivity index (χ0v) is 16.4. The number of carbonyl (C=O) groups excluding carboxylic acids is 1. The normalized spacial score (nSPS) is 18.7. The molecule has 1 aliphatic heterocycles. The molecule has 0 saturated carbocycles. The number of amides is 1. The Labute approximate surface area is 163 Å². The fraction of sp³-hybridized carbons (Fsp3) is 0.250. The maximum atomic E-state index is 12.7. The number of hydrogen-bond acceptors (Lipinski definition) is 4. The van der Waals surface area contributed by atoms with E-state index in [9.17, 15) is 4.79 Å².